The standard InChI is InChI=1S/C38H48N2O6/c1-7-24-23-39-15-13-26-19-34(42-3)36(44-5)21-30(26)32(39)17-28(24)18-33-31-22-37(45-6)35(43-4)20-27(31)14-16-40(33)38(41)25-9-11-29(12-10-25)46-8-2/h9-12,19-22,24,28,32-33H,7-8,13-18,23H2,1-6H3/t24-,28-,32+,33-/m0/s1. The fourth-order valence-corrected chi connectivity index (χ4v) is 8.09. The number of nitrogens with zero attached hydrogens (tertiary/aromatic N) is 2. The summed E-state index contributed by atoms with van der Waals surface area (Å²) in [6.07, 6.45) is 4.80. The van der Waals surface area contributed by atoms with Crippen LogP contribution in [0.4, 0.5) is 0 Å². The second kappa shape index (κ2) is 13.8. The van der Waals surface area contributed by atoms with Gasteiger partial charge in [-0.25, -0.2) is 0 Å². The van der Waals surface area contributed by atoms with E-state index in [1.807, 2.05) is 31.2 Å². The van der Waals surface area contributed by atoms with Gasteiger partial charge in [0.05, 0.1) is 41.1 Å². The lowest BCUT2D eigenvalue weighted by atomic mass is 9.72. The van der Waals surface area contributed by atoms with Crippen LogP contribution in [0.25, 0.3) is 0 Å². The van der Waals surface area contributed by atoms with Crippen molar-refractivity contribution in [3.8, 4) is 28.7 Å². The molecule has 1 fully saturated rings. The van der Waals surface area contributed by atoms with Crippen LogP contribution in [0.2, 0.25) is 0 Å². The predicted molar refractivity (Wildman–Crippen MR) is 179 cm³/mol. The highest BCUT2D eigenvalue weighted by Crippen LogP contribution is 2.49. The van der Waals surface area contributed by atoms with E-state index in [0.717, 1.165) is 73.8 Å². The summed E-state index contributed by atoms with van der Waals surface area (Å²) < 4.78 is 28.5. The highest BCUT2D eigenvalue weighted by molar-refractivity contribution is 5.95. The molecule has 3 aliphatic rings. The Labute approximate surface area is 273 Å². The summed E-state index contributed by atoms with van der Waals surface area (Å²) in [4.78, 5) is 19.1. The van der Waals surface area contributed by atoms with Crippen LogP contribution in [0.1, 0.15) is 77.8 Å². The first-order valence-electron chi connectivity index (χ1n) is 16.7. The van der Waals surface area contributed by atoms with E-state index in [9.17, 15) is 4.79 Å². The zero-order valence-corrected chi connectivity index (χ0v) is 28.1. The molecule has 8 heteroatoms. The lowest BCUT2D eigenvalue weighted by Gasteiger charge is -2.49. The number of hydrogen-bond acceptors (Lipinski definition) is 7. The van der Waals surface area contributed by atoms with Crippen LogP contribution in [-0.4, -0.2) is 70.4 Å². The molecule has 0 unspecified atom stereocenters. The van der Waals surface area contributed by atoms with E-state index in [-0.39, 0.29) is 11.9 Å². The van der Waals surface area contributed by atoms with Gasteiger partial charge in [0.2, 0.25) is 0 Å². The predicted octanol–water partition coefficient (Wildman–Crippen LogP) is 6.89. The third-order valence-electron chi connectivity index (χ3n) is 10.5. The van der Waals surface area contributed by atoms with Crippen LogP contribution in [0, 0.1) is 11.8 Å². The van der Waals surface area contributed by atoms with Gasteiger partial charge in [0.25, 0.3) is 5.91 Å². The van der Waals surface area contributed by atoms with Crippen molar-refractivity contribution in [1.82, 2.24) is 9.80 Å². The maximum absolute atomic E-state index is 14.3. The molecule has 3 aliphatic heterocycles. The first-order chi connectivity index (χ1) is 22.4. The van der Waals surface area contributed by atoms with E-state index < -0.39 is 0 Å². The smallest absolute Gasteiger partial charge is 0.254 e. The summed E-state index contributed by atoms with van der Waals surface area (Å²) >= 11 is 0. The van der Waals surface area contributed by atoms with E-state index in [2.05, 4.69) is 41.0 Å². The lowest BCUT2D eigenvalue weighted by molar-refractivity contribution is 0.0287. The first-order valence-corrected chi connectivity index (χ1v) is 16.7. The molecule has 0 N–H and O–H groups in total. The highest BCUT2D eigenvalue weighted by Gasteiger charge is 2.42. The third kappa shape index (κ3) is 5.99. The van der Waals surface area contributed by atoms with Crippen LogP contribution < -0.4 is 23.7 Å². The third-order valence-corrected chi connectivity index (χ3v) is 10.5. The molecule has 4 atom stereocenters. The summed E-state index contributed by atoms with van der Waals surface area (Å²) in [5, 5.41) is 0. The number of piperidine rings is 1. The van der Waals surface area contributed by atoms with Gasteiger partial charge in [-0.05, 0) is 115 Å². The average molecular weight is 629 g/mol. The van der Waals surface area contributed by atoms with Crippen molar-refractivity contribution in [2.24, 2.45) is 11.8 Å². The minimum Gasteiger partial charge on any atom is -0.494 e. The number of hydrogen-bond donors (Lipinski definition) is 0. The van der Waals surface area contributed by atoms with Crippen molar-refractivity contribution in [3.05, 3.63) is 76.3 Å². The second-order valence-electron chi connectivity index (χ2n) is 12.7. The van der Waals surface area contributed by atoms with Crippen molar-refractivity contribution >= 4 is 5.91 Å². The van der Waals surface area contributed by atoms with Crippen molar-refractivity contribution in [2.45, 2.75) is 58.0 Å². The quantitative estimate of drug-likeness (QED) is 0.242. The number of ether oxygens (including phenoxy) is 5. The largest absolute Gasteiger partial charge is 0.494 e. The number of methoxy groups -OCH3 is 4. The molecule has 8 nitrogen and oxygen atoms in total. The molecule has 0 saturated carbocycles. The maximum Gasteiger partial charge on any atom is 0.254 e. The van der Waals surface area contributed by atoms with E-state index >= 15 is 0 Å². The Kier molecular flexibility index (Phi) is 9.64. The molecule has 6 rings (SSSR count). The molecule has 0 radical (unpaired) electrons. The Bertz CT molecular complexity index is 1540. The van der Waals surface area contributed by atoms with Crippen molar-refractivity contribution in [3.63, 3.8) is 0 Å². The highest BCUT2D eigenvalue weighted by atomic mass is 16.5. The van der Waals surface area contributed by atoms with Gasteiger partial charge in [-0.1, -0.05) is 13.3 Å². The van der Waals surface area contributed by atoms with Gasteiger partial charge in [-0.3, -0.25) is 9.69 Å². The second-order valence-corrected chi connectivity index (χ2v) is 12.7. The van der Waals surface area contributed by atoms with E-state index in [0.29, 0.717) is 42.3 Å². The van der Waals surface area contributed by atoms with Gasteiger partial charge in [0.1, 0.15) is 5.75 Å². The van der Waals surface area contributed by atoms with Crippen LogP contribution in [0.5, 0.6) is 28.7 Å². The number of rotatable bonds is 10. The summed E-state index contributed by atoms with van der Waals surface area (Å²) in [6, 6.07) is 16.4. The SMILES string of the molecule is CCOc1ccc(C(=O)N2CCc3cc(OC)c(OC)cc3[C@@H]2C[C@@H]2C[C@@H]3c4cc(OC)c(OC)cc4CCN3C[C@@H]2CC)cc1. The molecule has 1 amide bonds. The lowest BCUT2D eigenvalue weighted by Crippen LogP contribution is -2.47. The summed E-state index contributed by atoms with van der Waals surface area (Å²) in [5.41, 5.74) is 5.77. The molecule has 246 valence electrons. The van der Waals surface area contributed by atoms with Gasteiger partial charge >= 0.3 is 0 Å². The summed E-state index contributed by atoms with van der Waals surface area (Å²) in [6.45, 7) is 7.62. The van der Waals surface area contributed by atoms with E-state index in [1.54, 1.807) is 28.4 Å². The molecule has 0 aliphatic carbocycles. The molecule has 1 saturated heterocycles. The van der Waals surface area contributed by atoms with E-state index in [1.165, 1.54) is 16.7 Å². The van der Waals surface area contributed by atoms with E-state index in [4.69, 9.17) is 23.7 Å². The average Bonchev–Trinajstić information content (AvgIpc) is 3.10. The normalized spacial score (nSPS) is 22.3. The fraction of sp³-hybridized carbons (Fsp3) is 0.500. The first kappa shape index (κ1) is 32.0. The number of amides is 1. The van der Waals surface area contributed by atoms with Crippen LogP contribution in [-0.2, 0) is 12.8 Å². The minimum absolute atomic E-state index is 0.0545. The summed E-state index contributed by atoms with van der Waals surface area (Å²) in [7, 11) is 6.77. The maximum atomic E-state index is 14.3. The van der Waals surface area contributed by atoms with Crippen molar-refractivity contribution in [2.75, 3.05) is 54.7 Å². The Hall–Kier alpha value is -3.91. The Morgan fingerprint density at radius 1 is 0.761 bits per heavy atom. The Balaban J connectivity index is 1.36. The molecule has 3 aromatic rings. The summed E-state index contributed by atoms with van der Waals surface area (Å²) in [5.74, 6) is 4.79. The molecule has 0 bridgehead atoms. The molecule has 0 spiro atoms. The van der Waals surface area contributed by atoms with Crippen LogP contribution in [0.15, 0.2) is 48.5 Å². The van der Waals surface area contributed by atoms with Gasteiger partial charge in [-0.2, -0.15) is 0 Å². The number of fused-ring (bicyclic) bond motifs is 4. The Morgan fingerprint density at radius 3 is 1.96 bits per heavy atom. The van der Waals surface area contributed by atoms with Crippen LogP contribution in [0.3, 0.4) is 0 Å². The van der Waals surface area contributed by atoms with Gasteiger partial charge in [0, 0.05) is 31.2 Å². The van der Waals surface area contributed by atoms with Crippen molar-refractivity contribution < 1.29 is 28.5 Å². The number of carbonyl (C=O) groups is 1. The molecular weight excluding hydrogens is 580 g/mol. The Morgan fingerprint density at radius 2 is 1.35 bits per heavy atom. The van der Waals surface area contributed by atoms with Gasteiger partial charge in [-0.15, -0.1) is 0 Å². The molecular formula is C38H48N2O6. The fourth-order valence-electron chi connectivity index (χ4n) is 8.09. The molecule has 0 aromatic heterocycles. The zero-order chi connectivity index (χ0) is 32.4. The minimum atomic E-state index is -0.0818. The molecule has 46 heavy (non-hydrogen) atoms. The van der Waals surface area contributed by atoms with Crippen LogP contribution >= 0.6 is 0 Å². The topological polar surface area (TPSA) is 69.7 Å². The van der Waals surface area contributed by atoms with Gasteiger partial charge < -0.3 is 28.6 Å². The zero-order valence-electron chi connectivity index (χ0n) is 28.1. The van der Waals surface area contributed by atoms with Crippen molar-refractivity contribution in [1.29, 1.82) is 0 Å². The molecule has 3 heterocycles. The van der Waals surface area contributed by atoms with Gasteiger partial charge in [0.15, 0.2) is 23.0 Å². The number of carbonyl (C=O) groups excluding carboxylic acids is 1. The monoisotopic (exact) mass is 628 g/mol. The molecule has 3 aromatic carbocycles. The number of benzene rings is 3.